The van der Waals surface area contributed by atoms with Gasteiger partial charge in [-0.25, -0.2) is 0 Å². The van der Waals surface area contributed by atoms with Gasteiger partial charge in [0.05, 0.1) is 12.0 Å². The summed E-state index contributed by atoms with van der Waals surface area (Å²) in [4.78, 5) is 0. The average Bonchev–Trinajstić information content (AvgIpc) is 1.61. The maximum Gasteiger partial charge on any atom is 0.149 e. The summed E-state index contributed by atoms with van der Waals surface area (Å²) in [5.74, 6) is 0. The lowest BCUT2D eigenvalue weighted by molar-refractivity contribution is 0.0103. The molecule has 1 rings (SSSR count). The Hall–Kier alpha value is 0.540. The number of alkyl halides is 2. The van der Waals surface area contributed by atoms with Crippen LogP contribution in [-0.4, -0.2) is 17.5 Å². The fourth-order valence-corrected chi connectivity index (χ4v) is 0.533. The molecule has 0 bridgehead atoms. The molecule has 2 atom stereocenters. The van der Waals surface area contributed by atoms with Gasteiger partial charge in [0.2, 0.25) is 0 Å². The van der Waals surface area contributed by atoms with Crippen LogP contribution in [0.2, 0.25) is 0 Å². The number of ether oxygens (including phenoxy) is 1. The predicted octanol–water partition coefficient (Wildman–Crippen LogP) is 1.19. The van der Waals surface area contributed by atoms with Crippen molar-refractivity contribution in [2.24, 2.45) is 0 Å². The Labute approximate surface area is 46.2 Å². The minimum absolute atomic E-state index is 0.0478. The Morgan fingerprint density at radius 3 is 2.00 bits per heavy atom. The second-order valence-corrected chi connectivity index (χ2v) is 2.19. The van der Waals surface area contributed by atoms with E-state index in [4.69, 9.17) is 23.2 Å². The van der Waals surface area contributed by atoms with E-state index in [1.807, 2.05) is 0 Å². The van der Waals surface area contributed by atoms with Crippen molar-refractivity contribution >= 4 is 23.2 Å². The molecule has 3 heteroatoms. The van der Waals surface area contributed by atoms with Gasteiger partial charge >= 0.3 is 0 Å². The molecule has 0 spiro atoms. The summed E-state index contributed by atoms with van der Waals surface area (Å²) in [5.41, 5.74) is -0.230. The normalized spacial score (nSPS) is 45.0. The van der Waals surface area contributed by atoms with E-state index in [0.29, 0.717) is 6.61 Å². The SMILES string of the molecule is Cl[C@@H]1CO[C@H]1Cl. The molecule has 1 saturated heterocycles. The Kier molecular flexibility index (Phi) is 1.22. The number of rotatable bonds is 0. The first kappa shape index (κ1) is 4.69. The Balaban J connectivity index is 2.20. The van der Waals surface area contributed by atoms with Crippen molar-refractivity contribution in [3.8, 4) is 0 Å². The van der Waals surface area contributed by atoms with E-state index in [9.17, 15) is 0 Å². The van der Waals surface area contributed by atoms with Gasteiger partial charge < -0.3 is 4.74 Å². The van der Waals surface area contributed by atoms with Crippen molar-refractivity contribution in [1.29, 1.82) is 0 Å². The highest BCUT2D eigenvalue weighted by Gasteiger charge is 2.27. The van der Waals surface area contributed by atoms with E-state index in [0.717, 1.165) is 0 Å². The van der Waals surface area contributed by atoms with Gasteiger partial charge in [-0.15, -0.1) is 11.6 Å². The van der Waals surface area contributed by atoms with Crippen LogP contribution in [0, 0.1) is 0 Å². The molecule has 36 valence electrons. The number of hydrogen-bond donors (Lipinski definition) is 0. The molecule has 0 aromatic rings. The van der Waals surface area contributed by atoms with Crippen LogP contribution in [0.15, 0.2) is 0 Å². The van der Waals surface area contributed by atoms with E-state index in [-0.39, 0.29) is 10.9 Å². The zero-order valence-corrected chi connectivity index (χ0v) is 4.54. The van der Waals surface area contributed by atoms with E-state index in [1.165, 1.54) is 0 Å². The largest absolute Gasteiger partial charge is 0.359 e. The summed E-state index contributed by atoms with van der Waals surface area (Å²) in [5, 5.41) is 0.0478. The maximum absolute atomic E-state index is 5.44. The highest BCUT2D eigenvalue weighted by atomic mass is 35.5. The van der Waals surface area contributed by atoms with Gasteiger partial charge in [-0.2, -0.15) is 0 Å². The zero-order valence-electron chi connectivity index (χ0n) is 3.03. The molecule has 0 N–H and O–H groups in total. The molecule has 1 nitrogen and oxygen atoms in total. The minimum Gasteiger partial charge on any atom is -0.359 e. The van der Waals surface area contributed by atoms with Crippen LogP contribution in [0.5, 0.6) is 0 Å². The van der Waals surface area contributed by atoms with Crippen molar-refractivity contribution < 1.29 is 4.74 Å². The van der Waals surface area contributed by atoms with Crippen LogP contribution >= 0.6 is 23.2 Å². The van der Waals surface area contributed by atoms with Crippen LogP contribution in [0.4, 0.5) is 0 Å². The molecule has 0 unspecified atom stereocenters. The van der Waals surface area contributed by atoms with Gasteiger partial charge in [-0.05, 0) is 0 Å². The van der Waals surface area contributed by atoms with E-state index in [2.05, 4.69) is 4.74 Å². The van der Waals surface area contributed by atoms with Crippen LogP contribution in [0.1, 0.15) is 0 Å². The maximum atomic E-state index is 5.44. The molecule has 0 radical (unpaired) electrons. The van der Waals surface area contributed by atoms with Crippen molar-refractivity contribution in [2.75, 3.05) is 6.61 Å². The molecule has 1 heterocycles. The van der Waals surface area contributed by atoms with Crippen molar-refractivity contribution in [3.05, 3.63) is 0 Å². The summed E-state index contributed by atoms with van der Waals surface area (Å²) < 4.78 is 4.68. The Morgan fingerprint density at radius 2 is 2.00 bits per heavy atom. The van der Waals surface area contributed by atoms with Gasteiger partial charge in [-0.1, -0.05) is 11.6 Å². The summed E-state index contributed by atoms with van der Waals surface area (Å²) in [7, 11) is 0. The van der Waals surface area contributed by atoms with Crippen LogP contribution in [0.25, 0.3) is 0 Å². The molecule has 6 heavy (non-hydrogen) atoms. The lowest BCUT2D eigenvalue weighted by Crippen LogP contribution is -2.35. The molecule has 0 aliphatic carbocycles. The van der Waals surface area contributed by atoms with Crippen LogP contribution in [-0.2, 0) is 4.74 Å². The molecule has 0 saturated carbocycles. The lowest BCUT2D eigenvalue weighted by atomic mass is 10.4. The first-order chi connectivity index (χ1) is 2.80. The smallest absolute Gasteiger partial charge is 0.149 e. The highest BCUT2D eigenvalue weighted by Crippen LogP contribution is 2.21. The molecular weight excluding hydrogens is 123 g/mol. The third-order valence-electron chi connectivity index (χ3n) is 0.699. The van der Waals surface area contributed by atoms with Gasteiger partial charge in [0.1, 0.15) is 5.56 Å². The molecule has 1 fully saturated rings. The molecule has 1 aliphatic rings. The van der Waals surface area contributed by atoms with Crippen LogP contribution < -0.4 is 0 Å². The molecule has 1 aliphatic heterocycles. The minimum atomic E-state index is -0.230. The quantitative estimate of drug-likeness (QED) is 0.444. The predicted molar refractivity (Wildman–Crippen MR) is 25.2 cm³/mol. The summed E-state index contributed by atoms with van der Waals surface area (Å²) in [6.07, 6.45) is 0. The summed E-state index contributed by atoms with van der Waals surface area (Å²) in [6.45, 7) is 0.607. The molecule has 0 amide bonds. The van der Waals surface area contributed by atoms with Crippen molar-refractivity contribution in [1.82, 2.24) is 0 Å². The standard InChI is InChI=1S/C3H4Cl2O/c4-2-1-6-3(2)5/h2-3H,1H2/t2-,3-/m1/s1. The molecule has 0 aromatic heterocycles. The number of halogens is 2. The van der Waals surface area contributed by atoms with E-state index < -0.39 is 0 Å². The molecular formula is C3H4Cl2O. The summed E-state index contributed by atoms with van der Waals surface area (Å²) >= 11 is 10.8. The van der Waals surface area contributed by atoms with Gasteiger partial charge in [0, 0.05) is 0 Å². The number of hydrogen-bond acceptors (Lipinski definition) is 1. The third-order valence-corrected chi connectivity index (χ3v) is 1.61. The summed E-state index contributed by atoms with van der Waals surface area (Å²) in [6, 6.07) is 0. The topological polar surface area (TPSA) is 9.23 Å². The zero-order chi connectivity index (χ0) is 4.57. The Bertz CT molecular complexity index is 48.8. The second-order valence-electron chi connectivity index (χ2n) is 1.20. The molecule has 0 aromatic carbocycles. The van der Waals surface area contributed by atoms with Crippen molar-refractivity contribution in [2.45, 2.75) is 10.9 Å². The fraction of sp³-hybridized carbons (Fsp3) is 1.00. The monoisotopic (exact) mass is 126 g/mol. The highest BCUT2D eigenvalue weighted by molar-refractivity contribution is 6.30. The van der Waals surface area contributed by atoms with Gasteiger partial charge in [-0.3, -0.25) is 0 Å². The van der Waals surface area contributed by atoms with Gasteiger partial charge in [0.15, 0.2) is 0 Å². The van der Waals surface area contributed by atoms with Crippen LogP contribution in [0.3, 0.4) is 0 Å². The average molecular weight is 127 g/mol. The second kappa shape index (κ2) is 1.57. The lowest BCUT2D eigenvalue weighted by Gasteiger charge is -2.25. The van der Waals surface area contributed by atoms with Crippen molar-refractivity contribution in [3.63, 3.8) is 0 Å². The van der Waals surface area contributed by atoms with E-state index in [1.54, 1.807) is 0 Å². The third kappa shape index (κ3) is 0.625. The first-order valence-corrected chi connectivity index (χ1v) is 2.58. The Morgan fingerprint density at radius 1 is 1.50 bits per heavy atom. The first-order valence-electron chi connectivity index (χ1n) is 1.70. The fourth-order valence-electron chi connectivity index (χ4n) is 0.242. The van der Waals surface area contributed by atoms with E-state index >= 15 is 0 Å². The van der Waals surface area contributed by atoms with Gasteiger partial charge in [0.25, 0.3) is 0 Å².